The van der Waals surface area contributed by atoms with Crippen LogP contribution in [0, 0.1) is 23.7 Å². The van der Waals surface area contributed by atoms with E-state index in [0.29, 0.717) is 26.1 Å². The van der Waals surface area contributed by atoms with Crippen molar-refractivity contribution in [2.75, 3.05) is 40.0 Å². The van der Waals surface area contributed by atoms with Crippen molar-refractivity contribution in [3.05, 3.63) is 35.6 Å². The zero-order valence-electron chi connectivity index (χ0n) is 24.8. The summed E-state index contributed by atoms with van der Waals surface area (Å²) in [7, 11) is 1.23. The first-order chi connectivity index (χ1) is 21.0. The van der Waals surface area contributed by atoms with Gasteiger partial charge in [0, 0.05) is 17.8 Å². The van der Waals surface area contributed by atoms with E-state index in [1.807, 2.05) is 12.2 Å². The molecule has 248 valence electrons. The van der Waals surface area contributed by atoms with Crippen molar-refractivity contribution in [2.24, 2.45) is 23.7 Å². The number of carbonyl (C=O) groups excluding carboxylic acids is 2. The van der Waals surface area contributed by atoms with Crippen molar-refractivity contribution in [3.8, 4) is 0 Å². The molecule has 0 radical (unpaired) electrons. The third kappa shape index (κ3) is 7.87. The number of carboxylic acid groups (broad SMARTS) is 1. The molecule has 10 unspecified atom stereocenters. The van der Waals surface area contributed by atoms with Gasteiger partial charge in [0.25, 0.3) is 0 Å². The van der Waals surface area contributed by atoms with Crippen LogP contribution in [0.4, 0.5) is 0 Å². The summed E-state index contributed by atoms with van der Waals surface area (Å²) in [6.07, 6.45) is 3.09. The molecule has 1 saturated carbocycles. The number of likely N-dealkylation sites (tertiary alicyclic amines) is 1. The summed E-state index contributed by atoms with van der Waals surface area (Å²) < 4.78 is 22.3. The van der Waals surface area contributed by atoms with Crippen LogP contribution in [0.2, 0.25) is 0 Å². The summed E-state index contributed by atoms with van der Waals surface area (Å²) in [5.41, 5.74) is 1.27. The fourth-order valence-electron chi connectivity index (χ4n) is 6.62. The molecule has 2 saturated heterocycles. The Labute approximate surface area is 255 Å². The van der Waals surface area contributed by atoms with Gasteiger partial charge in [0.1, 0.15) is 18.8 Å². The quantitative estimate of drug-likeness (QED) is 0.0710. The van der Waals surface area contributed by atoms with Crippen molar-refractivity contribution in [1.82, 2.24) is 0 Å². The van der Waals surface area contributed by atoms with Gasteiger partial charge in [0.05, 0.1) is 57.1 Å². The summed E-state index contributed by atoms with van der Waals surface area (Å²) in [5, 5.41) is 72.4. The molecule has 3 heterocycles. The lowest BCUT2D eigenvalue weighted by molar-refractivity contribution is -0.911. The number of carboxylic acids is 1. The standard InChI is InChI=1S/C30H45NO13/c1-41-27(38)22-16-42-28(44-29-25(35)30(39,40)24(34)23(15-33)43-29)21(12-17-5-3-2-4-6-17)20(22)8-7-18-11-19(26(36)37)14-31(13-18)9-10-32/h7-8,12,16,18-21,23-25,28-29,32-35,39-40H,2-6,9-11,13-15H2,1H3,(H,36,37). The van der Waals surface area contributed by atoms with Crippen LogP contribution >= 0.6 is 0 Å². The van der Waals surface area contributed by atoms with Gasteiger partial charge in [-0.1, -0.05) is 30.2 Å². The average molecular weight is 628 g/mol. The second-order valence-electron chi connectivity index (χ2n) is 12.1. The molecule has 4 aliphatic rings. The minimum atomic E-state index is -3.06. The van der Waals surface area contributed by atoms with Gasteiger partial charge < -0.3 is 64.4 Å². The van der Waals surface area contributed by atoms with E-state index in [-0.39, 0.29) is 18.1 Å². The summed E-state index contributed by atoms with van der Waals surface area (Å²) in [5.74, 6) is -7.20. The number of aliphatic hydroxyl groups excluding tert-OH is 4. The molecule has 14 nitrogen and oxygen atoms in total. The van der Waals surface area contributed by atoms with Gasteiger partial charge in [-0.15, -0.1) is 0 Å². The van der Waals surface area contributed by atoms with Gasteiger partial charge >= 0.3 is 5.97 Å². The van der Waals surface area contributed by atoms with Crippen LogP contribution in [0.3, 0.4) is 0 Å². The first-order valence-corrected chi connectivity index (χ1v) is 15.2. The van der Waals surface area contributed by atoms with Crippen molar-refractivity contribution in [1.29, 1.82) is 0 Å². The van der Waals surface area contributed by atoms with E-state index in [4.69, 9.17) is 18.9 Å². The first kappa shape index (κ1) is 34.5. The number of quaternary nitrogens is 1. The Bertz CT molecular complexity index is 1080. The molecule has 0 spiro atoms. The predicted octanol–water partition coefficient (Wildman–Crippen LogP) is -3.52. The van der Waals surface area contributed by atoms with E-state index in [0.717, 1.165) is 42.6 Å². The second-order valence-corrected chi connectivity index (χ2v) is 12.1. The Morgan fingerprint density at radius 1 is 1.09 bits per heavy atom. The molecule has 0 amide bonds. The lowest BCUT2D eigenvalue weighted by Crippen LogP contribution is -3.15. The Balaban J connectivity index is 1.68. The molecule has 0 bridgehead atoms. The molecule has 0 aromatic heterocycles. The third-order valence-corrected chi connectivity index (χ3v) is 9.06. The summed E-state index contributed by atoms with van der Waals surface area (Å²) >= 11 is 0. The molecular formula is C30H45NO13. The highest BCUT2D eigenvalue weighted by molar-refractivity contribution is 5.89. The van der Waals surface area contributed by atoms with E-state index >= 15 is 0 Å². The van der Waals surface area contributed by atoms with Gasteiger partial charge in [0.2, 0.25) is 12.1 Å². The Hall–Kier alpha value is -2.40. The van der Waals surface area contributed by atoms with Crippen LogP contribution < -0.4 is 10.0 Å². The number of rotatable bonds is 10. The topological polar surface area (TPSA) is 220 Å². The maximum absolute atomic E-state index is 12.9. The number of nitrogens with one attached hydrogen (secondary N) is 1. The number of carbonyl (C=O) groups is 2. The first-order valence-electron chi connectivity index (χ1n) is 15.2. The largest absolute Gasteiger partial charge is 0.550 e. The Morgan fingerprint density at radius 3 is 2.45 bits per heavy atom. The normalized spacial score (nSPS) is 37.6. The Kier molecular flexibility index (Phi) is 12.0. The molecule has 14 heteroatoms. The van der Waals surface area contributed by atoms with Gasteiger partial charge in [-0.3, -0.25) is 0 Å². The summed E-state index contributed by atoms with van der Waals surface area (Å²) in [6, 6.07) is 0. The fraction of sp³-hybridized carbons (Fsp3) is 0.733. The van der Waals surface area contributed by atoms with Gasteiger partial charge in [-0.2, -0.15) is 0 Å². The van der Waals surface area contributed by atoms with Crippen LogP contribution in [0.25, 0.3) is 0 Å². The molecule has 10 atom stereocenters. The summed E-state index contributed by atoms with van der Waals surface area (Å²) in [6.45, 7) is 0.397. The van der Waals surface area contributed by atoms with Gasteiger partial charge in [-0.05, 0) is 32.1 Å². The highest BCUT2D eigenvalue weighted by Crippen LogP contribution is 2.39. The second kappa shape index (κ2) is 15.3. The lowest BCUT2D eigenvalue weighted by Gasteiger charge is -2.46. The minimum Gasteiger partial charge on any atom is -0.550 e. The molecule has 3 fully saturated rings. The zero-order valence-corrected chi connectivity index (χ0v) is 24.8. The molecule has 4 rings (SSSR count). The minimum absolute atomic E-state index is 0.0956. The van der Waals surface area contributed by atoms with E-state index in [9.17, 15) is 45.3 Å². The maximum Gasteiger partial charge on any atom is 0.337 e. The molecule has 0 aromatic rings. The van der Waals surface area contributed by atoms with Crippen molar-refractivity contribution in [2.45, 2.75) is 75.2 Å². The van der Waals surface area contributed by atoms with Crippen LogP contribution in [0.1, 0.15) is 38.5 Å². The highest BCUT2D eigenvalue weighted by atomic mass is 16.8. The van der Waals surface area contributed by atoms with Crippen molar-refractivity contribution in [3.63, 3.8) is 0 Å². The SMILES string of the molecule is COC(=O)C1=COC(OC2OC(CO)C(O)C(O)(O)C2O)C(C=C2CCCCC2)C1C=CC1CC(C(=O)[O-])C[NH+](CCO)C1. The predicted molar refractivity (Wildman–Crippen MR) is 148 cm³/mol. The van der Waals surface area contributed by atoms with Crippen LogP contribution in [-0.4, -0.2) is 119 Å². The number of allylic oxidation sites excluding steroid dienone is 2. The molecule has 3 aliphatic heterocycles. The molecule has 0 aromatic carbocycles. The molecule has 1 aliphatic carbocycles. The van der Waals surface area contributed by atoms with Crippen molar-refractivity contribution < 1.29 is 69.2 Å². The van der Waals surface area contributed by atoms with E-state index in [1.165, 1.54) is 13.4 Å². The smallest absolute Gasteiger partial charge is 0.337 e. The van der Waals surface area contributed by atoms with E-state index < -0.39 is 73.0 Å². The molecular weight excluding hydrogens is 582 g/mol. The summed E-state index contributed by atoms with van der Waals surface area (Å²) in [4.78, 5) is 25.6. The van der Waals surface area contributed by atoms with Gasteiger partial charge in [0.15, 0.2) is 12.4 Å². The number of hydrogen-bond donors (Lipinski definition) is 7. The van der Waals surface area contributed by atoms with E-state index in [1.54, 1.807) is 6.08 Å². The number of ether oxygens (including phenoxy) is 4. The van der Waals surface area contributed by atoms with Crippen LogP contribution in [-0.2, 0) is 28.5 Å². The monoisotopic (exact) mass is 627 g/mol. The number of aliphatic hydroxyl groups is 6. The highest BCUT2D eigenvalue weighted by Gasteiger charge is 2.56. The van der Waals surface area contributed by atoms with Gasteiger partial charge in [-0.25, -0.2) is 4.79 Å². The number of piperidine rings is 1. The Morgan fingerprint density at radius 2 is 1.82 bits per heavy atom. The van der Waals surface area contributed by atoms with Crippen LogP contribution in [0.5, 0.6) is 0 Å². The number of methoxy groups -OCH3 is 1. The molecule has 7 N–H and O–H groups in total. The third-order valence-electron chi connectivity index (χ3n) is 9.06. The lowest BCUT2D eigenvalue weighted by atomic mass is 9.79. The maximum atomic E-state index is 12.9. The number of aliphatic carboxylic acids is 1. The van der Waals surface area contributed by atoms with Crippen LogP contribution in [0.15, 0.2) is 35.6 Å². The fourth-order valence-corrected chi connectivity index (χ4v) is 6.62. The number of esters is 1. The van der Waals surface area contributed by atoms with Crippen molar-refractivity contribution >= 4 is 11.9 Å². The average Bonchev–Trinajstić information content (AvgIpc) is 3.01. The number of hydrogen-bond acceptors (Lipinski definition) is 13. The van der Waals surface area contributed by atoms with E-state index in [2.05, 4.69) is 0 Å². The molecule has 44 heavy (non-hydrogen) atoms. The zero-order chi connectivity index (χ0) is 32.0.